The number of hydrogen-bond donors (Lipinski definition) is 0. The number of methoxy groups -OCH3 is 1. The molecule has 1 atom stereocenters. The lowest BCUT2D eigenvalue weighted by Gasteiger charge is -2.27. The highest BCUT2D eigenvalue weighted by atomic mass is 19.4. The van der Waals surface area contributed by atoms with Gasteiger partial charge in [0.2, 0.25) is 5.91 Å². The standard InChI is InChI=1S/C21H24F3N3O2/c1-13-15(5-3-7-18(13)29-2)17-6-4-10-26(17)20(28)12-27-19(21(22,23)24)11-16(25-27)14-8-9-14/h3,5,7,11,14,17H,4,6,8-10,12H2,1-2H3/t17-/m0/s1. The van der Waals surface area contributed by atoms with Crippen LogP contribution in [-0.4, -0.2) is 34.2 Å². The van der Waals surface area contributed by atoms with Crippen LogP contribution in [0.4, 0.5) is 13.2 Å². The third-order valence-electron chi connectivity index (χ3n) is 5.85. The molecule has 1 amide bonds. The Morgan fingerprint density at radius 3 is 2.69 bits per heavy atom. The molecule has 0 bridgehead atoms. The molecule has 2 aromatic rings. The Labute approximate surface area is 167 Å². The summed E-state index contributed by atoms with van der Waals surface area (Å²) in [7, 11) is 1.59. The molecule has 0 spiro atoms. The summed E-state index contributed by atoms with van der Waals surface area (Å²) in [5, 5.41) is 4.12. The van der Waals surface area contributed by atoms with Gasteiger partial charge in [-0.1, -0.05) is 12.1 Å². The Balaban J connectivity index is 1.59. The number of carbonyl (C=O) groups is 1. The van der Waals surface area contributed by atoms with E-state index in [9.17, 15) is 18.0 Å². The normalized spacial score (nSPS) is 19.6. The number of alkyl halides is 3. The second-order valence-electron chi connectivity index (χ2n) is 7.80. The molecule has 1 aliphatic heterocycles. The van der Waals surface area contributed by atoms with Gasteiger partial charge in [0.1, 0.15) is 18.0 Å². The summed E-state index contributed by atoms with van der Waals surface area (Å²) in [5.74, 6) is 0.486. The first kappa shape index (κ1) is 19.8. The molecule has 5 nitrogen and oxygen atoms in total. The predicted molar refractivity (Wildman–Crippen MR) is 101 cm³/mol. The fraction of sp³-hybridized carbons (Fsp3) is 0.524. The highest BCUT2D eigenvalue weighted by Crippen LogP contribution is 2.42. The first-order chi connectivity index (χ1) is 13.8. The van der Waals surface area contributed by atoms with Crippen molar-refractivity contribution in [3.05, 3.63) is 46.8 Å². The molecule has 0 unspecified atom stereocenters. The lowest BCUT2D eigenvalue weighted by Crippen LogP contribution is -2.35. The fourth-order valence-electron chi connectivity index (χ4n) is 4.19. The van der Waals surface area contributed by atoms with Crippen molar-refractivity contribution in [3.8, 4) is 5.75 Å². The van der Waals surface area contributed by atoms with Gasteiger partial charge in [-0.25, -0.2) is 0 Å². The van der Waals surface area contributed by atoms with Gasteiger partial charge in [-0.05, 0) is 55.9 Å². The Morgan fingerprint density at radius 2 is 2.03 bits per heavy atom. The van der Waals surface area contributed by atoms with Gasteiger partial charge in [0.05, 0.1) is 18.8 Å². The molecule has 29 heavy (non-hydrogen) atoms. The molecule has 1 saturated carbocycles. The van der Waals surface area contributed by atoms with Crippen LogP contribution in [0.5, 0.6) is 5.75 Å². The number of likely N-dealkylation sites (tertiary alicyclic amines) is 1. The van der Waals surface area contributed by atoms with Crippen molar-refractivity contribution < 1.29 is 22.7 Å². The SMILES string of the molecule is COc1cccc([C@@H]2CCCN2C(=O)Cn2nc(C3CC3)cc2C(F)(F)F)c1C. The zero-order valence-corrected chi connectivity index (χ0v) is 16.5. The van der Waals surface area contributed by atoms with Gasteiger partial charge in [-0.15, -0.1) is 0 Å². The van der Waals surface area contributed by atoms with Crippen molar-refractivity contribution in [1.29, 1.82) is 0 Å². The smallest absolute Gasteiger partial charge is 0.433 e. The van der Waals surface area contributed by atoms with E-state index in [0.717, 1.165) is 53.3 Å². The van der Waals surface area contributed by atoms with Gasteiger partial charge < -0.3 is 9.64 Å². The summed E-state index contributed by atoms with van der Waals surface area (Å²) in [6.45, 7) is 2.06. The van der Waals surface area contributed by atoms with Gasteiger partial charge in [0.25, 0.3) is 0 Å². The van der Waals surface area contributed by atoms with Crippen LogP contribution in [0.15, 0.2) is 24.3 Å². The molecular weight excluding hydrogens is 383 g/mol. The van der Waals surface area contributed by atoms with Gasteiger partial charge in [0.15, 0.2) is 0 Å². The second kappa shape index (κ2) is 7.39. The van der Waals surface area contributed by atoms with E-state index >= 15 is 0 Å². The molecule has 8 heteroatoms. The summed E-state index contributed by atoms with van der Waals surface area (Å²) >= 11 is 0. The number of benzene rings is 1. The van der Waals surface area contributed by atoms with E-state index in [2.05, 4.69) is 5.10 Å². The average Bonchev–Trinajstić information content (AvgIpc) is 3.24. The molecule has 1 aromatic carbocycles. The fourth-order valence-corrected chi connectivity index (χ4v) is 4.19. The molecule has 1 aromatic heterocycles. The average molecular weight is 407 g/mol. The van der Waals surface area contributed by atoms with Gasteiger partial charge in [-0.3, -0.25) is 9.48 Å². The molecule has 4 rings (SSSR count). The highest BCUT2D eigenvalue weighted by molar-refractivity contribution is 5.77. The van der Waals surface area contributed by atoms with E-state index in [1.165, 1.54) is 0 Å². The first-order valence-corrected chi connectivity index (χ1v) is 9.87. The van der Waals surface area contributed by atoms with Crippen molar-refractivity contribution in [2.75, 3.05) is 13.7 Å². The van der Waals surface area contributed by atoms with E-state index in [0.29, 0.717) is 12.2 Å². The lowest BCUT2D eigenvalue weighted by atomic mass is 9.98. The largest absolute Gasteiger partial charge is 0.496 e. The molecule has 2 aliphatic rings. The number of amides is 1. The quantitative estimate of drug-likeness (QED) is 0.735. The zero-order chi connectivity index (χ0) is 20.8. The van der Waals surface area contributed by atoms with E-state index < -0.39 is 18.4 Å². The molecule has 1 saturated heterocycles. The summed E-state index contributed by atoms with van der Waals surface area (Å²) in [5.41, 5.74) is 1.52. The number of aromatic nitrogens is 2. The maximum absolute atomic E-state index is 13.5. The maximum Gasteiger partial charge on any atom is 0.433 e. The Bertz CT molecular complexity index is 918. The van der Waals surface area contributed by atoms with Crippen molar-refractivity contribution in [2.24, 2.45) is 0 Å². The van der Waals surface area contributed by atoms with Crippen LogP contribution in [0.2, 0.25) is 0 Å². The predicted octanol–water partition coefficient (Wildman–Crippen LogP) is 4.46. The topological polar surface area (TPSA) is 47.4 Å². The Morgan fingerprint density at radius 1 is 1.28 bits per heavy atom. The minimum absolute atomic E-state index is 0.0893. The van der Waals surface area contributed by atoms with E-state index in [-0.39, 0.29) is 17.9 Å². The van der Waals surface area contributed by atoms with Crippen LogP contribution in [0.1, 0.15) is 60.2 Å². The van der Waals surface area contributed by atoms with Crippen LogP contribution in [0.25, 0.3) is 0 Å². The third kappa shape index (κ3) is 3.84. The number of rotatable bonds is 5. The Hall–Kier alpha value is -2.51. The minimum atomic E-state index is -4.53. The summed E-state index contributed by atoms with van der Waals surface area (Å²) in [6, 6.07) is 6.62. The lowest BCUT2D eigenvalue weighted by molar-refractivity contribution is -0.146. The second-order valence-corrected chi connectivity index (χ2v) is 7.80. The van der Waals surface area contributed by atoms with Crippen LogP contribution < -0.4 is 4.74 Å². The van der Waals surface area contributed by atoms with Crippen molar-refractivity contribution in [2.45, 2.75) is 57.3 Å². The molecule has 0 radical (unpaired) electrons. The molecule has 156 valence electrons. The molecule has 0 N–H and O–H groups in total. The number of ether oxygens (including phenoxy) is 1. The minimum Gasteiger partial charge on any atom is -0.496 e. The monoisotopic (exact) mass is 407 g/mol. The van der Waals surface area contributed by atoms with E-state index in [1.807, 2.05) is 25.1 Å². The van der Waals surface area contributed by atoms with E-state index in [4.69, 9.17) is 4.74 Å². The summed E-state index contributed by atoms with van der Waals surface area (Å²) < 4.78 is 46.6. The van der Waals surface area contributed by atoms with E-state index in [1.54, 1.807) is 12.0 Å². The van der Waals surface area contributed by atoms with Crippen molar-refractivity contribution in [3.63, 3.8) is 0 Å². The van der Waals surface area contributed by atoms with Gasteiger partial charge in [0, 0.05) is 12.5 Å². The van der Waals surface area contributed by atoms with Crippen LogP contribution >= 0.6 is 0 Å². The zero-order valence-electron chi connectivity index (χ0n) is 16.5. The number of carbonyl (C=O) groups excluding carboxylic acids is 1. The number of nitrogens with zero attached hydrogens (tertiary/aromatic N) is 3. The van der Waals surface area contributed by atoms with Crippen molar-refractivity contribution in [1.82, 2.24) is 14.7 Å². The molecule has 2 heterocycles. The molecular formula is C21H24F3N3O2. The van der Waals surface area contributed by atoms with Crippen LogP contribution in [0.3, 0.4) is 0 Å². The van der Waals surface area contributed by atoms with Gasteiger partial charge in [-0.2, -0.15) is 18.3 Å². The number of hydrogen-bond acceptors (Lipinski definition) is 3. The maximum atomic E-state index is 13.5. The van der Waals surface area contributed by atoms with Crippen molar-refractivity contribution >= 4 is 5.91 Å². The number of halogens is 3. The molecule has 2 fully saturated rings. The summed E-state index contributed by atoms with van der Waals surface area (Å²) in [4.78, 5) is 14.7. The highest BCUT2D eigenvalue weighted by Gasteiger charge is 2.39. The van der Waals surface area contributed by atoms with Crippen LogP contribution in [0, 0.1) is 6.92 Å². The van der Waals surface area contributed by atoms with Gasteiger partial charge >= 0.3 is 6.18 Å². The first-order valence-electron chi connectivity index (χ1n) is 9.87. The summed E-state index contributed by atoms with van der Waals surface area (Å²) in [6.07, 6.45) is -1.24. The third-order valence-corrected chi connectivity index (χ3v) is 5.85. The molecule has 1 aliphatic carbocycles. The van der Waals surface area contributed by atoms with Crippen LogP contribution in [-0.2, 0) is 17.5 Å². The Kier molecular flexibility index (Phi) is 5.04.